The number of carbonyl (C=O) groups is 2. The van der Waals surface area contributed by atoms with Gasteiger partial charge in [0, 0.05) is 27.2 Å². The average Bonchev–Trinajstić information content (AvgIpc) is 3.44. The molecule has 0 fully saturated rings. The molecular weight excluding hydrogens is 452 g/mol. The van der Waals surface area contributed by atoms with Crippen LogP contribution < -0.4 is 5.32 Å². The SMILES string of the molecule is C=CCn1c(SCC(=O)Nc2sc(CC)cc2C(=O)OC)nnc1-c1csc(C)c1C. The molecule has 0 aliphatic carbocycles. The maximum Gasteiger partial charge on any atom is 0.340 e. The van der Waals surface area contributed by atoms with Crippen molar-refractivity contribution in [3.05, 3.63) is 45.0 Å². The first kappa shape index (κ1) is 23.2. The highest BCUT2D eigenvalue weighted by Gasteiger charge is 2.20. The molecule has 3 rings (SSSR count). The van der Waals surface area contributed by atoms with Crippen molar-refractivity contribution in [2.75, 3.05) is 18.2 Å². The average molecular weight is 477 g/mol. The Hall–Kier alpha value is -2.43. The lowest BCUT2D eigenvalue weighted by Gasteiger charge is -2.08. The van der Waals surface area contributed by atoms with Gasteiger partial charge in [-0.25, -0.2) is 4.79 Å². The van der Waals surface area contributed by atoms with E-state index in [-0.39, 0.29) is 11.7 Å². The van der Waals surface area contributed by atoms with Crippen LogP contribution in [0.2, 0.25) is 0 Å². The number of aryl methyl sites for hydroxylation is 2. The van der Waals surface area contributed by atoms with Crippen molar-refractivity contribution in [1.82, 2.24) is 14.8 Å². The molecule has 31 heavy (non-hydrogen) atoms. The van der Waals surface area contributed by atoms with Crippen molar-refractivity contribution >= 4 is 51.3 Å². The van der Waals surface area contributed by atoms with E-state index < -0.39 is 5.97 Å². The molecule has 3 aromatic rings. The number of nitrogens with one attached hydrogen (secondary N) is 1. The molecule has 0 saturated heterocycles. The zero-order chi connectivity index (χ0) is 22.5. The summed E-state index contributed by atoms with van der Waals surface area (Å²) in [4.78, 5) is 26.8. The second-order valence-corrected chi connectivity index (χ2v) is 9.84. The summed E-state index contributed by atoms with van der Waals surface area (Å²) in [5, 5.41) is 14.7. The largest absolute Gasteiger partial charge is 0.465 e. The Morgan fingerprint density at radius 1 is 1.35 bits per heavy atom. The fraction of sp³-hybridized carbons (Fsp3) is 0.333. The molecule has 0 unspecified atom stereocenters. The van der Waals surface area contributed by atoms with Crippen molar-refractivity contribution in [3.8, 4) is 11.4 Å². The number of anilines is 1. The summed E-state index contributed by atoms with van der Waals surface area (Å²) in [6, 6.07) is 1.76. The fourth-order valence-electron chi connectivity index (χ4n) is 2.89. The molecular formula is C21H24N4O3S3. The Morgan fingerprint density at radius 3 is 2.74 bits per heavy atom. The van der Waals surface area contributed by atoms with E-state index in [1.54, 1.807) is 23.5 Å². The van der Waals surface area contributed by atoms with Gasteiger partial charge in [-0.1, -0.05) is 24.8 Å². The van der Waals surface area contributed by atoms with Crippen LogP contribution in [0.3, 0.4) is 0 Å². The number of ether oxygens (including phenoxy) is 1. The van der Waals surface area contributed by atoms with Crippen LogP contribution in [0, 0.1) is 13.8 Å². The van der Waals surface area contributed by atoms with E-state index in [9.17, 15) is 9.59 Å². The van der Waals surface area contributed by atoms with Crippen molar-refractivity contribution in [2.45, 2.75) is 38.9 Å². The maximum atomic E-state index is 12.6. The van der Waals surface area contributed by atoms with Crippen LogP contribution >= 0.6 is 34.4 Å². The minimum Gasteiger partial charge on any atom is -0.465 e. The van der Waals surface area contributed by atoms with Crippen LogP contribution in [0.1, 0.15) is 32.6 Å². The fourth-order valence-corrected chi connectivity index (χ4v) is 5.50. The lowest BCUT2D eigenvalue weighted by Crippen LogP contribution is -2.16. The minimum absolute atomic E-state index is 0.136. The van der Waals surface area contributed by atoms with E-state index in [0.717, 1.165) is 22.7 Å². The van der Waals surface area contributed by atoms with E-state index in [2.05, 4.69) is 41.3 Å². The van der Waals surface area contributed by atoms with Crippen LogP contribution in [0.15, 0.2) is 29.3 Å². The molecule has 0 saturated carbocycles. The van der Waals surface area contributed by atoms with E-state index in [0.29, 0.717) is 22.3 Å². The number of hydrogen-bond donors (Lipinski definition) is 1. The number of aromatic nitrogens is 3. The third kappa shape index (κ3) is 5.08. The molecule has 0 bridgehead atoms. The first-order valence-electron chi connectivity index (χ1n) is 9.62. The Kier molecular flexibility index (Phi) is 7.69. The van der Waals surface area contributed by atoms with Gasteiger partial charge in [-0.3, -0.25) is 9.36 Å². The van der Waals surface area contributed by atoms with Gasteiger partial charge in [0.05, 0.1) is 18.4 Å². The number of esters is 1. The molecule has 1 N–H and O–H groups in total. The van der Waals surface area contributed by atoms with Crippen LogP contribution in [0.25, 0.3) is 11.4 Å². The topological polar surface area (TPSA) is 86.1 Å². The molecule has 7 nitrogen and oxygen atoms in total. The van der Waals surface area contributed by atoms with E-state index in [4.69, 9.17) is 4.74 Å². The van der Waals surface area contributed by atoms with Gasteiger partial charge in [-0.05, 0) is 31.9 Å². The summed E-state index contributed by atoms with van der Waals surface area (Å²) in [5.41, 5.74) is 2.60. The molecule has 10 heteroatoms. The highest BCUT2D eigenvalue weighted by atomic mass is 32.2. The standard InChI is InChI=1S/C21H24N4O3S3/c1-6-8-25-18(16-10-29-13(4)12(16)3)23-24-21(25)30-11-17(26)22-19-15(20(27)28-5)9-14(7-2)31-19/h6,9-10H,1,7-8,11H2,2-5H3,(H,22,26). The molecule has 3 aromatic heterocycles. The molecule has 0 aliphatic heterocycles. The van der Waals surface area contributed by atoms with E-state index in [1.807, 2.05) is 11.5 Å². The maximum absolute atomic E-state index is 12.6. The molecule has 0 atom stereocenters. The quantitative estimate of drug-likeness (QED) is 0.267. The van der Waals surface area contributed by atoms with Crippen molar-refractivity contribution in [2.24, 2.45) is 0 Å². The molecule has 3 heterocycles. The highest BCUT2D eigenvalue weighted by Crippen LogP contribution is 2.32. The van der Waals surface area contributed by atoms with Crippen LogP contribution in [-0.4, -0.2) is 39.5 Å². The van der Waals surface area contributed by atoms with Crippen molar-refractivity contribution in [1.29, 1.82) is 0 Å². The zero-order valence-corrected chi connectivity index (χ0v) is 20.3. The number of methoxy groups -OCH3 is 1. The lowest BCUT2D eigenvalue weighted by molar-refractivity contribution is -0.113. The summed E-state index contributed by atoms with van der Waals surface area (Å²) in [6.45, 7) is 10.5. The number of nitrogens with zero attached hydrogens (tertiary/aromatic N) is 3. The van der Waals surface area contributed by atoms with Gasteiger partial charge in [0.2, 0.25) is 5.91 Å². The molecule has 1 amide bonds. The summed E-state index contributed by atoms with van der Waals surface area (Å²) in [7, 11) is 1.33. The normalized spacial score (nSPS) is 10.8. The zero-order valence-electron chi connectivity index (χ0n) is 17.9. The number of allylic oxidation sites excluding steroid dienone is 1. The number of thioether (sulfide) groups is 1. The predicted molar refractivity (Wildman–Crippen MR) is 127 cm³/mol. The highest BCUT2D eigenvalue weighted by molar-refractivity contribution is 7.99. The molecule has 0 spiro atoms. The van der Waals surface area contributed by atoms with Crippen molar-refractivity contribution < 1.29 is 14.3 Å². The van der Waals surface area contributed by atoms with Crippen LogP contribution in [0.4, 0.5) is 5.00 Å². The Morgan fingerprint density at radius 2 is 2.13 bits per heavy atom. The molecule has 0 aromatic carbocycles. The summed E-state index contributed by atoms with van der Waals surface area (Å²) in [5.74, 6) is 0.216. The number of carbonyl (C=O) groups excluding carboxylic acids is 2. The summed E-state index contributed by atoms with van der Waals surface area (Å²) >= 11 is 4.36. The lowest BCUT2D eigenvalue weighted by atomic mass is 10.1. The molecule has 0 radical (unpaired) electrons. The van der Waals surface area contributed by atoms with E-state index >= 15 is 0 Å². The second kappa shape index (κ2) is 10.3. The Balaban J connectivity index is 1.75. The van der Waals surface area contributed by atoms with Gasteiger partial charge >= 0.3 is 5.97 Å². The van der Waals surface area contributed by atoms with Gasteiger partial charge in [0.1, 0.15) is 5.00 Å². The monoisotopic (exact) mass is 476 g/mol. The molecule has 0 aliphatic rings. The van der Waals surface area contributed by atoms with Crippen LogP contribution in [0.5, 0.6) is 0 Å². The first-order chi connectivity index (χ1) is 14.9. The third-order valence-electron chi connectivity index (χ3n) is 4.68. The smallest absolute Gasteiger partial charge is 0.340 e. The van der Waals surface area contributed by atoms with Crippen LogP contribution in [-0.2, 0) is 22.5 Å². The van der Waals surface area contributed by atoms with Gasteiger partial charge in [0.15, 0.2) is 11.0 Å². The number of hydrogen-bond acceptors (Lipinski definition) is 8. The van der Waals surface area contributed by atoms with Gasteiger partial charge in [0.25, 0.3) is 0 Å². The van der Waals surface area contributed by atoms with E-state index in [1.165, 1.54) is 40.6 Å². The third-order valence-corrected chi connectivity index (χ3v) is 7.85. The number of amides is 1. The Bertz CT molecular complexity index is 1110. The number of rotatable bonds is 9. The minimum atomic E-state index is -0.462. The van der Waals surface area contributed by atoms with Gasteiger partial charge in [-0.15, -0.1) is 39.4 Å². The number of thiophene rings is 2. The second-order valence-electron chi connectivity index (χ2n) is 6.67. The first-order valence-corrected chi connectivity index (χ1v) is 12.3. The van der Waals surface area contributed by atoms with Crippen molar-refractivity contribution in [3.63, 3.8) is 0 Å². The van der Waals surface area contributed by atoms with Gasteiger partial charge < -0.3 is 10.1 Å². The summed E-state index contributed by atoms with van der Waals surface area (Å²) in [6.07, 6.45) is 2.56. The molecule has 164 valence electrons. The predicted octanol–water partition coefficient (Wildman–Crippen LogP) is 4.95. The van der Waals surface area contributed by atoms with Gasteiger partial charge in [-0.2, -0.15) is 0 Å². The Labute approximate surface area is 193 Å². The summed E-state index contributed by atoms with van der Waals surface area (Å²) < 4.78 is 6.78.